The van der Waals surface area contributed by atoms with E-state index in [-0.39, 0.29) is 5.78 Å². The number of Topliss-reactive ketones (excluding diaryl/α,β-unsaturated/α-hetero) is 1. The lowest BCUT2D eigenvalue weighted by atomic mass is 10.0. The van der Waals surface area contributed by atoms with E-state index in [1.54, 1.807) is 0 Å². The second-order valence-corrected chi connectivity index (χ2v) is 4.07. The third kappa shape index (κ3) is 2.36. The van der Waals surface area contributed by atoms with E-state index in [1.165, 1.54) is 5.56 Å². The molecule has 1 aromatic rings. The van der Waals surface area contributed by atoms with Crippen LogP contribution in [0.1, 0.15) is 34.8 Å². The lowest BCUT2D eigenvalue weighted by Gasteiger charge is -2.07. The highest BCUT2D eigenvalue weighted by Gasteiger charge is 2.15. The number of ketones is 1. The molecule has 0 saturated carbocycles. The highest BCUT2D eigenvalue weighted by molar-refractivity contribution is 6.33. The number of carbonyl (C=O) groups excluding carboxylic acids is 1. The smallest absolute Gasteiger partial charge is 0.180 e. The Hall–Kier alpha value is -0.820. The van der Waals surface area contributed by atoms with Gasteiger partial charge in [0.1, 0.15) is 0 Å². The van der Waals surface area contributed by atoms with Crippen LogP contribution in [0, 0.1) is 13.8 Å². The van der Waals surface area contributed by atoms with Crippen molar-refractivity contribution >= 4 is 17.4 Å². The molecule has 0 bridgehead atoms. The van der Waals surface area contributed by atoms with Gasteiger partial charge in [-0.25, -0.2) is 0 Å². The maximum Gasteiger partial charge on any atom is 0.180 e. The number of alkyl halides is 1. The highest BCUT2D eigenvalue weighted by Crippen LogP contribution is 2.15. The minimum absolute atomic E-state index is 0.0252. The van der Waals surface area contributed by atoms with Crippen LogP contribution in [0.2, 0.25) is 0 Å². The highest BCUT2D eigenvalue weighted by atomic mass is 35.5. The van der Waals surface area contributed by atoms with Crippen LogP contribution in [-0.2, 0) is 0 Å². The summed E-state index contributed by atoms with van der Waals surface area (Å²) in [4.78, 5) is 11.7. The molecule has 14 heavy (non-hydrogen) atoms. The summed E-state index contributed by atoms with van der Waals surface area (Å²) in [6.45, 7) is 5.94. The van der Waals surface area contributed by atoms with E-state index in [9.17, 15) is 4.79 Å². The molecule has 0 heterocycles. The lowest BCUT2D eigenvalue weighted by molar-refractivity contribution is 0.0985. The molecule has 1 aromatic carbocycles. The zero-order valence-electron chi connectivity index (χ0n) is 8.80. The second-order valence-electron chi connectivity index (χ2n) is 3.54. The third-order valence-electron chi connectivity index (χ3n) is 2.43. The molecular formula is C12H15ClO. The zero-order chi connectivity index (χ0) is 10.7. The van der Waals surface area contributed by atoms with Crippen molar-refractivity contribution < 1.29 is 4.79 Å². The van der Waals surface area contributed by atoms with Gasteiger partial charge in [0, 0.05) is 5.56 Å². The van der Waals surface area contributed by atoms with Gasteiger partial charge in [-0.1, -0.05) is 19.1 Å². The Morgan fingerprint density at radius 1 is 1.36 bits per heavy atom. The van der Waals surface area contributed by atoms with E-state index in [0.29, 0.717) is 6.42 Å². The number of hydrogen-bond donors (Lipinski definition) is 0. The van der Waals surface area contributed by atoms with Gasteiger partial charge in [-0.05, 0) is 37.5 Å². The van der Waals surface area contributed by atoms with Crippen LogP contribution in [-0.4, -0.2) is 11.2 Å². The van der Waals surface area contributed by atoms with E-state index >= 15 is 0 Å². The van der Waals surface area contributed by atoms with Gasteiger partial charge in [-0.2, -0.15) is 0 Å². The molecular weight excluding hydrogens is 196 g/mol. The Labute approximate surface area is 90.1 Å². The first-order valence-corrected chi connectivity index (χ1v) is 5.25. The third-order valence-corrected chi connectivity index (χ3v) is 2.94. The lowest BCUT2D eigenvalue weighted by Crippen LogP contribution is -2.13. The molecule has 2 heteroatoms. The van der Waals surface area contributed by atoms with Crippen molar-refractivity contribution in [3.8, 4) is 0 Å². The fourth-order valence-corrected chi connectivity index (χ4v) is 1.39. The molecule has 0 aliphatic carbocycles. The van der Waals surface area contributed by atoms with Crippen LogP contribution in [0.3, 0.4) is 0 Å². The van der Waals surface area contributed by atoms with Gasteiger partial charge in [0.15, 0.2) is 5.78 Å². The largest absolute Gasteiger partial charge is 0.293 e. The first kappa shape index (κ1) is 11.3. The van der Waals surface area contributed by atoms with Crippen molar-refractivity contribution in [1.29, 1.82) is 0 Å². The molecule has 0 fully saturated rings. The average Bonchev–Trinajstić information content (AvgIpc) is 2.20. The molecule has 76 valence electrons. The van der Waals surface area contributed by atoms with Crippen LogP contribution >= 0.6 is 11.6 Å². The van der Waals surface area contributed by atoms with Gasteiger partial charge < -0.3 is 0 Å². The normalized spacial score (nSPS) is 12.6. The van der Waals surface area contributed by atoms with Gasteiger partial charge in [0.25, 0.3) is 0 Å². The predicted octanol–water partition coefficient (Wildman–Crippen LogP) is 3.50. The molecule has 1 atom stereocenters. The van der Waals surface area contributed by atoms with Crippen molar-refractivity contribution in [2.75, 3.05) is 0 Å². The van der Waals surface area contributed by atoms with Gasteiger partial charge in [0.2, 0.25) is 0 Å². The Kier molecular flexibility index (Phi) is 3.70. The summed E-state index contributed by atoms with van der Waals surface area (Å²) in [6, 6.07) is 5.71. The monoisotopic (exact) mass is 210 g/mol. The van der Waals surface area contributed by atoms with Crippen LogP contribution in [0.5, 0.6) is 0 Å². The van der Waals surface area contributed by atoms with Crippen LogP contribution in [0.4, 0.5) is 0 Å². The molecule has 1 rings (SSSR count). The number of benzene rings is 1. The zero-order valence-corrected chi connectivity index (χ0v) is 9.56. The molecule has 0 amide bonds. The van der Waals surface area contributed by atoms with E-state index < -0.39 is 5.38 Å². The van der Waals surface area contributed by atoms with Crippen molar-refractivity contribution in [2.45, 2.75) is 32.6 Å². The number of carbonyl (C=O) groups is 1. The van der Waals surface area contributed by atoms with Gasteiger partial charge in [-0.3, -0.25) is 4.79 Å². The topological polar surface area (TPSA) is 17.1 Å². The summed E-state index contributed by atoms with van der Waals surface area (Å²) >= 11 is 5.89. The number of rotatable bonds is 3. The fraction of sp³-hybridized carbons (Fsp3) is 0.417. The molecule has 1 nitrogen and oxygen atoms in total. The maximum atomic E-state index is 11.7. The average molecular weight is 211 g/mol. The Balaban J connectivity index is 2.97. The van der Waals surface area contributed by atoms with Crippen LogP contribution in [0.25, 0.3) is 0 Å². The molecule has 0 N–H and O–H groups in total. The first-order valence-electron chi connectivity index (χ1n) is 4.81. The number of aryl methyl sites for hydroxylation is 2. The molecule has 0 aliphatic heterocycles. The van der Waals surface area contributed by atoms with E-state index in [1.807, 2.05) is 39.0 Å². The summed E-state index contributed by atoms with van der Waals surface area (Å²) in [6.07, 6.45) is 0.674. The minimum atomic E-state index is -0.392. The number of halogens is 1. The summed E-state index contributed by atoms with van der Waals surface area (Å²) in [5.41, 5.74) is 3.05. The van der Waals surface area contributed by atoms with Gasteiger partial charge >= 0.3 is 0 Å². The van der Waals surface area contributed by atoms with Gasteiger partial charge in [0.05, 0.1) is 5.38 Å². The van der Waals surface area contributed by atoms with Crippen molar-refractivity contribution in [3.63, 3.8) is 0 Å². The summed E-state index contributed by atoms with van der Waals surface area (Å²) in [5.74, 6) is 0.0252. The minimum Gasteiger partial charge on any atom is -0.293 e. The molecule has 0 aliphatic rings. The summed E-state index contributed by atoms with van der Waals surface area (Å²) < 4.78 is 0. The van der Waals surface area contributed by atoms with E-state index in [4.69, 9.17) is 11.6 Å². The summed E-state index contributed by atoms with van der Waals surface area (Å²) in [7, 11) is 0. The maximum absolute atomic E-state index is 11.7. The van der Waals surface area contributed by atoms with Gasteiger partial charge in [-0.15, -0.1) is 11.6 Å². The Morgan fingerprint density at radius 2 is 2.00 bits per heavy atom. The predicted molar refractivity (Wildman–Crippen MR) is 60.2 cm³/mol. The number of hydrogen-bond acceptors (Lipinski definition) is 1. The Morgan fingerprint density at radius 3 is 2.50 bits per heavy atom. The quantitative estimate of drug-likeness (QED) is 0.551. The van der Waals surface area contributed by atoms with Crippen LogP contribution < -0.4 is 0 Å². The standard InChI is InChI=1S/C12H15ClO/c1-4-11(13)12(14)10-6-5-8(2)9(3)7-10/h5-7,11H,4H2,1-3H3. The first-order chi connectivity index (χ1) is 6.56. The molecule has 0 radical (unpaired) electrons. The van der Waals surface area contributed by atoms with Crippen molar-refractivity contribution in [1.82, 2.24) is 0 Å². The molecule has 1 unspecified atom stereocenters. The second kappa shape index (κ2) is 4.61. The molecule has 0 aromatic heterocycles. The Bertz CT molecular complexity index is 344. The SMILES string of the molecule is CCC(Cl)C(=O)c1ccc(C)c(C)c1. The van der Waals surface area contributed by atoms with Crippen molar-refractivity contribution in [2.24, 2.45) is 0 Å². The molecule has 0 saturated heterocycles. The molecule has 0 spiro atoms. The van der Waals surface area contributed by atoms with E-state index in [2.05, 4.69) is 0 Å². The fourth-order valence-electron chi connectivity index (χ4n) is 1.26. The van der Waals surface area contributed by atoms with Crippen molar-refractivity contribution in [3.05, 3.63) is 34.9 Å². The van der Waals surface area contributed by atoms with Crippen LogP contribution in [0.15, 0.2) is 18.2 Å². The van der Waals surface area contributed by atoms with E-state index in [0.717, 1.165) is 11.1 Å². The summed E-state index contributed by atoms with van der Waals surface area (Å²) in [5, 5.41) is -0.392.